The Morgan fingerprint density at radius 2 is 2.20 bits per heavy atom. The summed E-state index contributed by atoms with van der Waals surface area (Å²) in [6.45, 7) is 3.63. The van der Waals surface area contributed by atoms with Gasteiger partial charge in [0.25, 0.3) is 0 Å². The average Bonchev–Trinajstić information content (AvgIpc) is 1.82. The van der Waals surface area contributed by atoms with Crippen LogP contribution in [0.1, 0.15) is 13.3 Å². The lowest BCUT2D eigenvalue weighted by Crippen LogP contribution is -2.28. The minimum Gasteiger partial charge on any atom is -0.392 e. The van der Waals surface area contributed by atoms with Gasteiger partial charge in [0.1, 0.15) is 0 Å². The van der Waals surface area contributed by atoms with Crippen LogP contribution in [0.5, 0.6) is 0 Å². The molecule has 0 aromatic carbocycles. The molecule has 0 aromatic heterocycles. The highest BCUT2D eigenvalue weighted by Gasteiger charge is 2.00. The Labute approximate surface area is 71.4 Å². The van der Waals surface area contributed by atoms with E-state index in [9.17, 15) is 0 Å². The monoisotopic (exact) mass is 209 g/mol. The summed E-state index contributed by atoms with van der Waals surface area (Å²) < 4.78 is 0. The van der Waals surface area contributed by atoms with E-state index in [1.54, 1.807) is 0 Å². The van der Waals surface area contributed by atoms with Crippen molar-refractivity contribution in [1.29, 1.82) is 0 Å². The molecule has 1 N–H and O–H groups in total. The second kappa shape index (κ2) is 6.13. The molecule has 1 unspecified atom stereocenters. The Morgan fingerprint density at radius 1 is 1.60 bits per heavy atom. The Balaban J connectivity index is 3.16. The quantitative estimate of drug-likeness (QED) is 0.686. The molecule has 0 aliphatic rings. The van der Waals surface area contributed by atoms with Gasteiger partial charge in [0, 0.05) is 11.9 Å². The number of aliphatic hydroxyl groups excluding tert-OH is 1. The first-order valence-electron chi connectivity index (χ1n) is 3.59. The van der Waals surface area contributed by atoms with Crippen molar-refractivity contribution in [1.82, 2.24) is 4.90 Å². The summed E-state index contributed by atoms with van der Waals surface area (Å²) in [6.07, 6.45) is 0.934. The number of aliphatic hydroxyl groups is 1. The number of nitrogens with zero attached hydrogens (tertiary/aromatic N) is 1. The van der Waals surface area contributed by atoms with Crippen molar-refractivity contribution >= 4 is 15.9 Å². The molecular formula is C7H16BrNO. The van der Waals surface area contributed by atoms with Gasteiger partial charge < -0.3 is 10.0 Å². The first-order chi connectivity index (χ1) is 4.66. The predicted octanol–water partition coefficient (Wildman–Crippen LogP) is 1.08. The third-order valence-electron chi connectivity index (χ3n) is 1.25. The van der Waals surface area contributed by atoms with Crippen LogP contribution in [0.25, 0.3) is 0 Å². The molecule has 0 aliphatic carbocycles. The highest BCUT2D eigenvalue weighted by Crippen LogP contribution is 1.93. The largest absolute Gasteiger partial charge is 0.392 e. The van der Waals surface area contributed by atoms with Crippen molar-refractivity contribution in [2.75, 3.05) is 25.5 Å². The fourth-order valence-corrected chi connectivity index (χ4v) is 1.12. The number of rotatable bonds is 5. The van der Waals surface area contributed by atoms with Crippen LogP contribution in [0, 0.1) is 0 Å². The Bertz CT molecular complexity index is 78.0. The van der Waals surface area contributed by atoms with Crippen LogP contribution in [0.15, 0.2) is 0 Å². The molecule has 2 nitrogen and oxygen atoms in total. The van der Waals surface area contributed by atoms with Gasteiger partial charge in [0.15, 0.2) is 0 Å². The van der Waals surface area contributed by atoms with Crippen LogP contribution in [0.4, 0.5) is 0 Å². The molecule has 0 spiro atoms. The molecule has 3 heteroatoms. The van der Waals surface area contributed by atoms with Crippen molar-refractivity contribution in [2.45, 2.75) is 19.4 Å². The normalized spacial score (nSPS) is 14.1. The molecule has 0 rings (SSSR count). The van der Waals surface area contributed by atoms with Crippen molar-refractivity contribution in [2.24, 2.45) is 0 Å². The van der Waals surface area contributed by atoms with Gasteiger partial charge in [-0.3, -0.25) is 0 Å². The van der Waals surface area contributed by atoms with E-state index >= 15 is 0 Å². The van der Waals surface area contributed by atoms with E-state index in [1.807, 2.05) is 14.0 Å². The van der Waals surface area contributed by atoms with Gasteiger partial charge in [0.05, 0.1) is 6.10 Å². The summed E-state index contributed by atoms with van der Waals surface area (Å²) >= 11 is 3.35. The van der Waals surface area contributed by atoms with Crippen molar-refractivity contribution in [3.63, 3.8) is 0 Å². The molecule has 10 heavy (non-hydrogen) atoms. The van der Waals surface area contributed by atoms with E-state index in [4.69, 9.17) is 5.11 Å². The molecule has 0 amide bonds. The highest BCUT2D eigenvalue weighted by molar-refractivity contribution is 9.09. The third-order valence-corrected chi connectivity index (χ3v) is 1.81. The van der Waals surface area contributed by atoms with E-state index in [-0.39, 0.29) is 6.10 Å². The first-order valence-corrected chi connectivity index (χ1v) is 4.71. The van der Waals surface area contributed by atoms with E-state index in [2.05, 4.69) is 20.8 Å². The van der Waals surface area contributed by atoms with Gasteiger partial charge in [-0.25, -0.2) is 0 Å². The lowest BCUT2D eigenvalue weighted by Gasteiger charge is -2.16. The van der Waals surface area contributed by atoms with Crippen molar-refractivity contribution < 1.29 is 5.11 Å². The number of alkyl halides is 1. The second-order valence-electron chi connectivity index (χ2n) is 2.65. The molecule has 1 atom stereocenters. The SMILES string of the molecule is CC(O)CN(C)CCCBr. The van der Waals surface area contributed by atoms with Crippen LogP contribution in [-0.4, -0.2) is 41.6 Å². The van der Waals surface area contributed by atoms with Crippen molar-refractivity contribution in [3.05, 3.63) is 0 Å². The smallest absolute Gasteiger partial charge is 0.0638 e. The Morgan fingerprint density at radius 3 is 2.60 bits per heavy atom. The van der Waals surface area contributed by atoms with Crippen LogP contribution in [0.3, 0.4) is 0 Å². The maximum Gasteiger partial charge on any atom is 0.0638 e. The summed E-state index contributed by atoms with van der Waals surface area (Å²) in [4.78, 5) is 2.13. The fraction of sp³-hybridized carbons (Fsp3) is 1.00. The minimum atomic E-state index is -0.208. The van der Waals surface area contributed by atoms with Crippen LogP contribution < -0.4 is 0 Å². The Kier molecular flexibility index (Phi) is 6.38. The molecule has 0 heterocycles. The molecule has 0 fully saturated rings. The molecule has 0 aromatic rings. The molecule has 0 saturated heterocycles. The molecular weight excluding hydrogens is 194 g/mol. The second-order valence-corrected chi connectivity index (χ2v) is 3.45. The molecule has 0 saturated carbocycles. The van der Waals surface area contributed by atoms with Gasteiger partial charge in [0.2, 0.25) is 0 Å². The first kappa shape index (κ1) is 10.4. The van der Waals surface area contributed by atoms with Gasteiger partial charge in [-0.1, -0.05) is 15.9 Å². The summed E-state index contributed by atoms with van der Waals surface area (Å²) in [7, 11) is 2.02. The van der Waals surface area contributed by atoms with E-state index < -0.39 is 0 Å². The van der Waals surface area contributed by atoms with Gasteiger partial charge >= 0.3 is 0 Å². The number of hydrogen-bond acceptors (Lipinski definition) is 2. The number of halogens is 1. The molecule has 0 bridgehead atoms. The van der Waals surface area contributed by atoms with Gasteiger partial charge in [-0.2, -0.15) is 0 Å². The maximum atomic E-state index is 8.97. The van der Waals surface area contributed by atoms with E-state index in [0.717, 1.165) is 24.8 Å². The zero-order valence-electron chi connectivity index (χ0n) is 6.68. The molecule has 62 valence electrons. The van der Waals surface area contributed by atoms with Crippen LogP contribution >= 0.6 is 15.9 Å². The van der Waals surface area contributed by atoms with Gasteiger partial charge in [-0.05, 0) is 26.9 Å². The molecule has 0 aliphatic heterocycles. The lowest BCUT2D eigenvalue weighted by atomic mass is 10.3. The maximum absolute atomic E-state index is 8.97. The zero-order valence-corrected chi connectivity index (χ0v) is 8.26. The molecule has 0 radical (unpaired) electrons. The van der Waals surface area contributed by atoms with Crippen molar-refractivity contribution in [3.8, 4) is 0 Å². The summed E-state index contributed by atoms with van der Waals surface area (Å²) in [5, 5.41) is 10.0. The Hall–Kier alpha value is 0.400. The van der Waals surface area contributed by atoms with E-state index in [0.29, 0.717) is 0 Å². The highest BCUT2D eigenvalue weighted by atomic mass is 79.9. The lowest BCUT2D eigenvalue weighted by molar-refractivity contribution is 0.142. The topological polar surface area (TPSA) is 23.5 Å². The summed E-state index contributed by atoms with van der Waals surface area (Å²) in [5.74, 6) is 0. The number of hydrogen-bond donors (Lipinski definition) is 1. The van der Waals surface area contributed by atoms with E-state index in [1.165, 1.54) is 0 Å². The average molecular weight is 210 g/mol. The summed E-state index contributed by atoms with van der Waals surface area (Å²) in [5.41, 5.74) is 0. The van der Waals surface area contributed by atoms with Gasteiger partial charge in [-0.15, -0.1) is 0 Å². The third kappa shape index (κ3) is 6.52. The zero-order chi connectivity index (χ0) is 7.98. The standard InChI is InChI=1S/C7H16BrNO/c1-7(10)6-9(2)5-3-4-8/h7,10H,3-6H2,1-2H3. The number of likely N-dealkylation sites (N-methyl/N-ethyl adjacent to an activating group) is 1. The van der Waals surface area contributed by atoms with Crippen LogP contribution in [0.2, 0.25) is 0 Å². The van der Waals surface area contributed by atoms with Crippen LogP contribution in [-0.2, 0) is 0 Å². The fourth-order valence-electron chi connectivity index (χ4n) is 0.872. The summed E-state index contributed by atoms with van der Waals surface area (Å²) in [6, 6.07) is 0. The minimum absolute atomic E-state index is 0.208. The predicted molar refractivity (Wildman–Crippen MR) is 47.6 cm³/mol.